The molecule has 3 atom stereocenters. The fraction of sp³-hybridized carbons (Fsp3) is 0.462. The Morgan fingerprint density at radius 1 is 1.26 bits per heavy atom. The quantitative estimate of drug-likeness (QED) is 0.395. The Kier molecular flexibility index (Phi) is 7.45. The predicted octanol–water partition coefficient (Wildman–Crippen LogP) is 2.28. The van der Waals surface area contributed by atoms with Crippen molar-refractivity contribution in [2.45, 2.75) is 57.7 Å². The fourth-order valence-electron chi connectivity index (χ4n) is 4.99. The smallest absolute Gasteiger partial charge is 0.349 e. The minimum absolute atomic E-state index is 0.0281. The number of nitrogens with two attached hydrogens (primary N) is 1. The Bertz CT molecular complexity index is 1460. The standard InChI is InChI=1S/C26H30F3N9O/c1-3-15(2)34-24(39)20-10-18(13-38-23(20)35-25(30)36-38)19-12-33-37(14-19)22(16-6-8-31-9-7-16)17-4-5-21(32-11-17)26(27,28)29/h4-5,10-16,22,25,31H,3,6-9,30H2,1-2H3/p+1/t15-,22?,25?/m0/s1. The van der Waals surface area contributed by atoms with E-state index in [1.54, 1.807) is 23.1 Å². The van der Waals surface area contributed by atoms with E-state index in [1.807, 2.05) is 20.0 Å². The lowest BCUT2D eigenvalue weighted by Gasteiger charge is -2.31. The summed E-state index contributed by atoms with van der Waals surface area (Å²) in [5.41, 5.74) is 7.77. The van der Waals surface area contributed by atoms with Gasteiger partial charge in [-0.1, -0.05) is 17.4 Å². The highest BCUT2D eigenvalue weighted by Crippen LogP contribution is 2.35. The van der Waals surface area contributed by atoms with Crippen molar-refractivity contribution >= 4 is 5.91 Å². The van der Waals surface area contributed by atoms with Crippen molar-refractivity contribution in [2.75, 3.05) is 13.1 Å². The van der Waals surface area contributed by atoms with Crippen molar-refractivity contribution in [3.05, 3.63) is 65.3 Å². The van der Waals surface area contributed by atoms with Gasteiger partial charge in [-0.25, -0.2) is 0 Å². The van der Waals surface area contributed by atoms with Crippen molar-refractivity contribution in [3.63, 3.8) is 0 Å². The molecule has 1 saturated heterocycles. The van der Waals surface area contributed by atoms with E-state index in [-0.39, 0.29) is 23.9 Å². The van der Waals surface area contributed by atoms with Gasteiger partial charge >= 0.3 is 18.0 Å². The molecule has 2 aliphatic heterocycles. The molecule has 10 nitrogen and oxygen atoms in total. The summed E-state index contributed by atoms with van der Waals surface area (Å²) in [6, 6.07) is 3.90. The average Bonchev–Trinajstić information content (AvgIpc) is 3.54. The van der Waals surface area contributed by atoms with Crippen LogP contribution in [0.5, 0.6) is 0 Å². The van der Waals surface area contributed by atoms with E-state index in [2.05, 4.69) is 30.8 Å². The Morgan fingerprint density at radius 2 is 2.03 bits per heavy atom. The molecule has 5 rings (SSSR count). The molecule has 0 saturated carbocycles. The number of hydrogen-bond acceptors (Lipinski definition) is 7. The summed E-state index contributed by atoms with van der Waals surface area (Å²) in [7, 11) is 0. The number of nitrogens with zero attached hydrogens (tertiary/aromatic N) is 6. The first-order chi connectivity index (χ1) is 18.6. The van der Waals surface area contributed by atoms with E-state index in [0.29, 0.717) is 22.2 Å². The summed E-state index contributed by atoms with van der Waals surface area (Å²) < 4.78 is 42.7. The number of piperidine rings is 1. The topological polar surface area (TPSA) is 128 Å². The van der Waals surface area contributed by atoms with Crippen LogP contribution < -0.4 is 26.2 Å². The molecule has 5 heterocycles. The van der Waals surface area contributed by atoms with Gasteiger partial charge in [0, 0.05) is 29.6 Å². The summed E-state index contributed by atoms with van der Waals surface area (Å²) >= 11 is 0. The lowest BCUT2D eigenvalue weighted by Crippen LogP contribution is -2.43. The highest BCUT2D eigenvalue weighted by molar-refractivity contribution is 5.94. The number of pyridine rings is 2. The molecule has 4 N–H and O–H groups in total. The van der Waals surface area contributed by atoms with Crippen molar-refractivity contribution in [2.24, 2.45) is 21.8 Å². The van der Waals surface area contributed by atoms with Crippen molar-refractivity contribution in [1.82, 2.24) is 25.4 Å². The minimum Gasteiger partial charge on any atom is -0.349 e. The summed E-state index contributed by atoms with van der Waals surface area (Å²) in [4.78, 5) is 21.1. The third-order valence-electron chi connectivity index (χ3n) is 7.22. The molecule has 206 valence electrons. The van der Waals surface area contributed by atoms with Crippen LogP contribution in [0.15, 0.2) is 53.1 Å². The predicted molar refractivity (Wildman–Crippen MR) is 135 cm³/mol. The van der Waals surface area contributed by atoms with Gasteiger partial charge in [0.1, 0.15) is 17.5 Å². The zero-order valence-electron chi connectivity index (χ0n) is 21.7. The van der Waals surface area contributed by atoms with Crippen LogP contribution >= 0.6 is 0 Å². The molecule has 0 bridgehead atoms. The Balaban J connectivity index is 1.53. The van der Waals surface area contributed by atoms with Gasteiger partial charge in [-0.3, -0.25) is 20.2 Å². The molecule has 0 aliphatic carbocycles. The molecule has 3 aromatic rings. The molecule has 0 radical (unpaired) electrons. The van der Waals surface area contributed by atoms with Gasteiger partial charge in [0.25, 0.3) is 5.91 Å². The number of carbonyl (C=O) groups excluding carboxylic acids is 1. The van der Waals surface area contributed by atoms with Gasteiger partial charge in [0.2, 0.25) is 0 Å². The first kappa shape index (κ1) is 26.9. The van der Waals surface area contributed by atoms with Gasteiger partial charge in [0.15, 0.2) is 0 Å². The number of aromatic nitrogens is 4. The molecule has 0 spiro atoms. The highest BCUT2D eigenvalue weighted by Gasteiger charge is 2.34. The van der Waals surface area contributed by atoms with E-state index in [0.717, 1.165) is 44.0 Å². The van der Waals surface area contributed by atoms with E-state index in [9.17, 15) is 18.0 Å². The van der Waals surface area contributed by atoms with Crippen LogP contribution in [0.1, 0.15) is 60.8 Å². The number of amides is 1. The maximum absolute atomic E-state index is 13.1. The summed E-state index contributed by atoms with van der Waals surface area (Å²) in [5.74, 6) is -0.130. The molecule has 1 fully saturated rings. The summed E-state index contributed by atoms with van der Waals surface area (Å²) in [6.07, 6.45) is 3.69. The average molecular weight is 543 g/mol. The monoisotopic (exact) mass is 542 g/mol. The van der Waals surface area contributed by atoms with Crippen LogP contribution in [0.3, 0.4) is 0 Å². The van der Waals surface area contributed by atoms with Crippen LogP contribution in [0.2, 0.25) is 0 Å². The van der Waals surface area contributed by atoms with Crippen LogP contribution in [0.25, 0.3) is 11.1 Å². The summed E-state index contributed by atoms with van der Waals surface area (Å²) in [6.45, 7) is 5.52. The third kappa shape index (κ3) is 5.69. The lowest BCUT2D eigenvalue weighted by molar-refractivity contribution is -0.559. The van der Waals surface area contributed by atoms with Crippen molar-refractivity contribution in [1.29, 1.82) is 0 Å². The number of halogens is 3. The Labute approximate surface area is 222 Å². The number of alkyl halides is 3. The van der Waals surface area contributed by atoms with Gasteiger partial charge in [-0.15, -0.1) is 0 Å². The van der Waals surface area contributed by atoms with E-state index >= 15 is 0 Å². The van der Waals surface area contributed by atoms with Crippen molar-refractivity contribution in [3.8, 4) is 11.1 Å². The SMILES string of the molecule is CC[C@H](C)NC(=O)c1cc(-c2cnn(C(c3ccc(C(F)(F)F)nc3)C3CCNCC3)c2)c[n+]2c1=NC(N)N=2. The largest absolute Gasteiger partial charge is 0.433 e. The van der Waals surface area contributed by atoms with Gasteiger partial charge in [0.05, 0.1) is 12.2 Å². The van der Waals surface area contributed by atoms with E-state index in [4.69, 9.17) is 5.73 Å². The minimum atomic E-state index is -4.51. The number of nitrogens with one attached hydrogen (secondary N) is 2. The fourth-order valence-corrected chi connectivity index (χ4v) is 4.99. The normalized spacial score (nSPS) is 19.1. The maximum Gasteiger partial charge on any atom is 0.433 e. The molecule has 3 aromatic heterocycles. The molecule has 1 amide bonds. The molecule has 39 heavy (non-hydrogen) atoms. The first-order valence-electron chi connectivity index (χ1n) is 13.0. The molecular formula is C26H31F3N9O+. The zero-order valence-corrected chi connectivity index (χ0v) is 21.7. The van der Waals surface area contributed by atoms with E-state index < -0.39 is 18.2 Å². The zero-order chi connectivity index (χ0) is 27.7. The van der Waals surface area contributed by atoms with Crippen LogP contribution in [0, 0.1) is 5.92 Å². The van der Waals surface area contributed by atoms with Gasteiger partial charge in [-0.2, -0.15) is 18.3 Å². The molecule has 2 aliphatic rings. The molecular weight excluding hydrogens is 511 g/mol. The third-order valence-corrected chi connectivity index (χ3v) is 7.22. The molecule has 2 unspecified atom stereocenters. The second-order valence-electron chi connectivity index (χ2n) is 9.97. The van der Waals surface area contributed by atoms with Gasteiger partial charge < -0.3 is 10.6 Å². The van der Waals surface area contributed by atoms with Gasteiger partial charge in [-0.05, 0) is 73.0 Å². The number of carbonyl (C=O) groups is 1. The Morgan fingerprint density at radius 3 is 2.69 bits per heavy atom. The number of rotatable bonds is 7. The van der Waals surface area contributed by atoms with E-state index in [1.165, 1.54) is 16.6 Å². The number of fused-ring (bicyclic) bond motifs is 1. The second-order valence-corrected chi connectivity index (χ2v) is 9.97. The summed E-state index contributed by atoms with van der Waals surface area (Å²) in [5, 5.41) is 15.2. The molecule has 13 heteroatoms. The van der Waals surface area contributed by atoms with Crippen LogP contribution in [-0.2, 0) is 6.18 Å². The van der Waals surface area contributed by atoms with Crippen molar-refractivity contribution < 1.29 is 22.3 Å². The number of hydrogen-bond donors (Lipinski definition) is 3. The highest BCUT2D eigenvalue weighted by atomic mass is 19.4. The molecule has 0 aromatic carbocycles. The van der Waals surface area contributed by atoms with Crippen LogP contribution in [-0.4, -0.2) is 46.1 Å². The lowest BCUT2D eigenvalue weighted by atomic mass is 9.86. The van der Waals surface area contributed by atoms with Crippen LogP contribution in [0.4, 0.5) is 13.2 Å². The second kappa shape index (κ2) is 10.8. The Hall–Kier alpha value is -3.71. The maximum atomic E-state index is 13.1. The first-order valence-corrected chi connectivity index (χ1v) is 13.0.